The molecule has 5 heteroatoms. The lowest BCUT2D eigenvalue weighted by atomic mass is 9.98. The first kappa shape index (κ1) is 15.8. The molecule has 0 spiro atoms. The van der Waals surface area contributed by atoms with Gasteiger partial charge in [-0.15, -0.1) is 11.6 Å². The maximum Gasteiger partial charge on any atom is 0.139 e. The Morgan fingerprint density at radius 2 is 1.95 bits per heavy atom. The van der Waals surface area contributed by atoms with Crippen molar-refractivity contribution >= 4 is 38.6 Å². The summed E-state index contributed by atoms with van der Waals surface area (Å²) in [6, 6.07) is 3.24. The summed E-state index contributed by atoms with van der Waals surface area (Å²) in [6.45, 7) is 9.33. The van der Waals surface area contributed by atoms with Gasteiger partial charge < -0.3 is 4.57 Å². The highest BCUT2D eigenvalue weighted by molar-refractivity contribution is 9.10. The van der Waals surface area contributed by atoms with Crippen LogP contribution in [0.2, 0.25) is 0 Å². The Kier molecular flexibility index (Phi) is 4.75. The molecule has 2 unspecified atom stereocenters. The quantitative estimate of drug-likeness (QED) is 0.655. The van der Waals surface area contributed by atoms with Gasteiger partial charge in [-0.1, -0.05) is 20.8 Å². The van der Waals surface area contributed by atoms with Gasteiger partial charge in [0.15, 0.2) is 0 Å². The van der Waals surface area contributed by atoms with Crippen LogP contribution < -0.4 is 0 Å². The molecule has 0 saturated carbocycles. The SMILES string of the molecule is CC(Cl)c1nc2cc(F)c(Br)cc2n1CC(C)C(C)C. The van der Waals surface area contributed by atoms with Gasteiger partial charge in [0.2, 0.25) is 0 Å². The molecule has 110 valence electrons. The van der Waals surface area contributed by atoms with Crippen LogP contribution in [-0.4, -0.2) is 9.55 Å². The zero-order chi connectivity index (χ0) is 15.0. The molecule has 0 aliphatic rings. The molecule has 0 amide bonds. The summed E-state index contributed by atoms with van der Waals surface area (Å²) in [5.41, 5.74) is 1.58. The van der Waals surface area contributed by atoms with Gasteiger partial charge in [0.05, 0.1) is 20.9 Å². The van der Waals surface area contributed by atoms with Gasteiger partial charge in [0.1, 0.15) is 11.6 Å². The van der Waals surface area contributed by atoms with Crippen molar-refractivity contribution in [3.8, 4) is 0 Å². The number of fused-ring (bicyclic) bond motifs is 1. The van der Waals surface area contributed by atoms with Crippen LogP contribution >= 0.6 is 27.5 Å². The van der Waals surface area contributed by atoms with Gasteiger partial charge in [-0.3, -0.25) is 0 Å². The van der Waals surface area contributed by atoms with Gasteiger partial charge >= 0.3 is 0 Å². The molecular formula is C15H19BrClFN2. The van der Waals surface area contributed by atoms with Crippen LogP contribution in [0.15, 0.2) is 16.6 Å². The molecule has 0 saturated heterocycles. The first-order chi connectivity index (χ1) is 9.31. The smallest absolute Gasteiger partial charge is 0.139 e. The molecule has 1 aromatic heterocycles. The number of imidazole rings is 1. The standard InChI is InChI=1S/C15H19BrClFN2/c1-8(2)9(3)7-20-14-5-11(16)12(18)6-13(14)19-15(20)10(4)17/h5-6,8-10H,7H2,1-4H3. The Labute approximate surface area is 132 Å². The van der Waals surface area contributed by atoms with Crippen LogP contribution in [0.25, 0.3) is 11.0 Å². The molecule has 0 radical (unpaired) electrons. The summed E-state index contributed by atoms with van der Waals surface area (Å²) < 4.78 is 16.2. The van der Waals surface area contributed by atoms with E-state index < -0.39 is 0 Å². The number of hydrogen-bond acceptors (Lipinski definition) is 1. The highest BCUT2D eigenvalue weighted by Gasteiger charge is 2.19. The second kappa shape index (κ2) is 6.02. The number of hydrogen-bond donors (Lipinski definition) is 0. The van der Waals surface area contributed by atoms with E-state index in [9.17, 15) is 4.39 Å². The summed E-state index contributed by atoms with van der Waals surface area (Å²) in [5.74, 6) is 1.56. The van der Waals surface area contributed by atoms with Crippen molar-refractivity contribution < 1.29 is 4.39 Å². The largest absolute Gasteiger partial charge is 0.326 e. The van der Waals surface area contributed by atoms with Gasteiger partial charge in [-0.2, -0.15) is 0 Å². The van der Waals surface area contributed by atoms with Crippen molar-refractivity contribution in [1.29, 1.82) is 0 Å². The van der Waals surface area contributed by atoms with Crippen molar-refractivity contribution in [2.24, 2.45) is 11.8 Å². The molecule has 2 nitrogen and oxygen atoms in total. The number of alkyl halides is 1. The van der Waals surface area contributed by atoms with Crippen LogP contribution in [0.3, 0.4) is 0 Å². The molecule has 20 heavy (non-hydrogen) atoms. The summed E-state index contributed by atoms with van der Waals surface area (Å²) in [7, 11) is 0. The van der Waals surface area contributed by atoms with Crippen LogP contribution in [0, 0.1) is 17.7 Å². The summed E-state index contributed by atoms with van der Waals surface area (Å²) in [6.07, 6.45) is 0. The van der Waals surface area contributed by atoms with E-state index in [0.29, 0.717) is 21.8 Å². The zero-order valence-corrected chi connectivity index (χ0v) is 14.5. The van der Waals surface area contributed by atoms with E-state index in [0.717, 1.165) is 17.9 Å². The number of nitrogens with zero attached hydrogens (tertiary/aromatic N) is 2. The molecule has 0 aliphatic heterocycles. The number of aromatic nitrogens is 2. The van der Waals surface area contributed by atoms with E-state index in [1.165, 1.54) is 6.07 Å². The molecule has 0 bridgehead atoms. The zero-order valence-electron chi connectivity index (χ0n) is 12.1. The normalized spacial score (nSPS) is 15.0. The lowest BCUT2D eigenvalue weighted by molar-refractivity contribution is 0.364. The lowest BCUT2D eigenvalue weighted by Crippen LogP contribution is -2.15. The van der Waals surface area contributed by atoms with E-state index in [-0.39, 0.29) is 11.2 Å². The minimum absolute atomic E-state index is 0.205. The number of rotatable bonds is 4. The molecule has 0 fully saturated rings. The van der Waals surface area contributed by atoms with Crippen molar-refractivity contribution in [3.63, 3.8) is 0 Å². The first-order valence-corrected chi connectivity index (χ1v) is 8.03. The van der Waals surface area contributed by atoms with Gasteiger partial charge in [0.25, 0.3) is 0 Å². The topological polar surface area (TPSA) is 17.8 Å². The average molecular weight is 362 g/mol. The third-order valence-corrected chi connectivity index (χ3v) is 4.59. The third-order valence-electron chi connectivity index (χ3n) is 3.78. The van der Waals surface area contributed by atoms with E-state index in [1.807, 2.05) is 6.92 Å². The number of halogens is 3. The predicted molar refractivity (Wildman–Crippen MR) is 85.7 cm³/mol. The Bertz CT molecular complexity index is 622. The molecular weight excluding hydrogens is 343 g/mol. The van der Waals surface area contributed by atoms with Gasteiger partial charge in [0, 0.05) is 12.6 Å². The summed E-state index contributed by atoms with van der Waals surface area (Å²) >= 11 is 9.48. The van der Waals surface area contributed by atoms with E-state index in [4.69, 9.17) is 11.6 Å². The summed E-state index contributed by atoms with van der Waals surface area (Å²) in [4.78, 5) is 4.50. The van der Waals surface area contributed by atoms with Crippen LogP contribution in [-0.2, 0) is 6.54 Å². The minimum atomic E-state index is -0.298. The van der Waals surface area contributed by atoms with Crippen molar-refractivity contribution in [2.75, 3.05) is 0 Å². The molecule has 2 atom stereocenters. The lowest BCUT2D eigenvalue weighted by Gasteiger charge is -2.19. The van der Waals surface area contributed by atoms with E-state index in [2.05, 4.69) is 46.3 Å². The molecule has 1 aromatic carbocycles. The van der Waals surface area contributed by atoms with E-state index >= 15 is 0 Å². The average Bonchev–Trinajstić information content (AvgIpc) is 2.68. The maximum atomic E-state index is 13.7. The second-order valence-electron chi connectivity index (χ2n) is 5.67. The highest BCUT2D eigenvalue weighted by Crippen LogP contribution is 2.30. The third kappa shape index (κ3) is 3.01. The fourth-order valence-corrected chi connectivity index (χ4v) is 2.63. The fraction of sp³-hybridized carbons (Fsp3) is 0.533. The first-order valence-electron chi connectivity index (χ1n) is 6.80. The maximum absolute atomic E-state index is 13.7. The molecule has 0 N–H and O–H groups in total. The Hall–Kier alpha value is -0.610. The molecule has 1 heterocycles. The van der Waals surface area contributed by atoms with Crippen LogP contribution in [0.4, 0.5) is 4.39 Å². The van der Waals surface area contributed by atoms with Crippen molar-refractivity contribution in [1.82, 2.24) is 9.55 Å². The van der Waals surface area contributed by atoms with Gasteiger partial charge in [-0.25, -0.2) is 9.37 Å². The molecule has 2 rings (SSSR count). The number of benzene rings is 1. The predicted octanol–water partition coefficient (Wildman–Crippen LogP) is 5.53. The second-order valence-corrected chi connectivity index (χ2v) is 7.18. The molecule has 0 aliphatic carbocycles. The monoisotopic (exact) mass is 360 g/mol. The highest BCUT2D eigenvalue weighted by atomic mass is 79.9. The van der Waals surface area contributed by atoms with Crippen molar-refractivity contribution in [2.45, 2.75) is 39.6 Å². The van der Waals surface area contributed by atoms with Crippen LogP contribution in [0.5, 0.6) is 0 Å². The minimum Gasteiger partial charge on any atom is -0.326 e. The fourth-order valence-electron chi connectivity index (χ4n) is 2.13. The Morgan fingerprint density at radius 1 is 1.30 bits per heavy atom. The summed E-state index contributed by atoms with van der Waals surface area (Å²) in [5, 5.41) is -0.205. The van der Waals surface area contributed by atoms with Gasteiger partial charge in [-0.05, 0) is 40.8 Å². The van der Waals surface area contributed by atoms with Crippen LogP contribution in [0.1, 0.15) is 38.9 Å². The van der Waals surface area contributed by atoms with Crippen molar-refractivity contribution in [3.05, 3.63) is 28.2 Å². The van der Waals surface area contributed by atoms with E-state index in [1.54, 1.807) is 6.07 Å². The Balaban J connectivity index is 2.59. The molecule has 2 aromatic rings. The Morgan fingerprint density at radius 3 is 2.50 bits per heavy atom.